The minimum Gasteiger partial charge on any atom is -0.262 e. The van der Waals surface area contributed by atoms with Gasteiger partial charge in [0.15, 0.2) is 0 Å². The first-order chi connectivity index (χ1) is 9.41. The van der Waals surface area contributed by atoms with Gasteiger partial charge < -0.3 is 0 Å². The van der Waals surface area contributed by atoms with Gasteiger partial charge in [-0.3, -0.25) is 4.98 Å². The first-order valence-corrected chi connectivity index (χ1v) is 8.84. The molecule has 2 heterocycles. The number of hydrogen-bond donors (Lipinski definition) is 0. The highest BCUT2D eigenvalue weighted by Crippen LogP contribution is 2.26. The van der Waals surface area contributed by atoms with Gasteiger partial charge in [0.2, 0.25) is 10.0 Å². The number of pyridine rings is 1. The maximum Gasteiger partial charge on any atom is 0.216 e. The molecule has 112 valence electrons. The van der Waals surface area contributed by atoms with Crippen LogP contribution in [0.2, 0.25) is 0 Å². The fourth-order valence-corrected chi connectivity index (χ4v) is 4.35. The Morgan fingerprint density at radius 2 is 2.20 bits per heavy atom. The molecule has 1 fully saturated rings. The van der Waals surface area contributed by atoms with Crippen molar-refractivity contribution in [2.45, 2.75) is 57.7 Å². The summed E-state index contributed by atoms with van der Waals surface area (Å²) in [5, 5.41) is -0.328. The number of sulfonamides is 1. The lowest BCUT2D eigenvalue weighted by Gasteiger charge is -2.26. The molecule has 0 radical (unpaired) electrons. The van der Waals surface area contributed by atoms with Crippen LogP contribution in [0.15, 0.2) is 18.3 Å². The van der Waals surface area contributed by atoms with Crippen LogP contribution in [-0.4, -0.2) is 35.5 Å². The largest absolute Gasteiger partial charge is 0.262 e. The van der Waals surface area contributed by atoms with Gasteiger partial charge in [-0.1, -0.05) is 0 Å². The molecule has 0 aromatic carbocycles. The minimum atomic E-state index is -3.12. The zero-order valence-corrected chi connectivity index (χ0v) is 13.4. The number of nitrogens with zero attached hydrogens (tertiary/aromatic N) is 2. The predicted molar refractivity (Wildman–Crippen MR) is 81.1 cm³/mol. The van der Waals surface area contributed by atoms with Gasteiger partial charge in [0, 0.05) is 24.5 Å². The van der Waals surface area contributed by atoms with Crippen molar-refractivity contribution >= 4 is 10.0 Å². The van der Waals surface area contributed by atoms with Crippen molar-refractivity contribution in [1.29, 1.82) is 0 Å². The summed E-state index contributed by atoms with van der Waals surface area (Å²) in [6.45, 7) is 6.18. The Hall–Kier alpha value is -0.940. The molecule has 0 amide bonds. The van der Waals surface area contributed by atoms with E-state index < -0.39 is 10.0 Å². The van der Waals surface area contributed by atoms with Crippen molar-refractivity contribution in [2.75, 3.05) is 6.54 Å². The molecule has 1 atom stereocenters. The van der Waals surface area contributed by atoms with Gasteiger partial charge in [-0.2, -0.15) is 4.31 Å². The van der Waals surface area contributed by atoms with E-state index in [-0.39, 0.29) is 11.3 Å². The number of aryl methyl sites for hydroxylation is 2. The summed E-state index contributed by atoms with van der Waals surface area (Å²) >= 11 is 0. The van der Waals surface area contributed by atoms with Crippen LogP contribution in [0.5, 0.6) is 0 Å². The van der Waals surface area contributed by atoms with Crippen LogP contribution in [0.25, 0.3) is 0 Å². The summed E-state index contributed by atoms with van der Waals surface area (Å²) in [6.07, 6.45) is 5.59. The fraction of sp³-hybridized carbons (Fsp3) is 0.667. The van der Waals surface area contributed by atoms with Gasteiger partial charge in [-0.15, -0.1) is 0 Å². The maximum absolute atomic E-state index is 12.3. The first kappa shape index (κ1) is 15.4. The van der Waals surface area contributed by atoms with E-state index in [1.54, 1.807) is 18.2 Å². The summed E-state index contributed by atoms with van der Waals surface area (Å²) in [5.41, 5.74) is 2.26. The number of rotatable bonds is 5. The Kier molecular flexibility index (Phi) is 4.81. The average Bonchev–Trinajstić information content (AvgIpc) is 2.85. The SMILES string of the molecule is Cc1cc(CC[C@@H]2CCCN2S(=O)(=O)C(C)C)ccn1. The molecule has 1 saturated heterocycles. The van der Waals surface area contributed by atoms with Crippen LogP contribution in [0, 0.1) is 6.92 Å². The van der Waals surface area contributed by atoms with Gasteiger partial charge in [0.1, 0.15) is 0 Å². The molecule has 2 rings (SSSR count). The lowest BCUT2D eigenvalue weighted by atomic mass is 10.0. The van der Waals surface area contributed by atoms with Crippen LogP contribution >= 0.6 is 0 Å². The summed E-state index contributed by atoms with van der Waals surface area (Å²) in [7, 11) is -3.12. The highest BCUT2D eigenvalue weighted by atomic mass is 32.2. The molecule has 1 aliphatic heterocycles. The first-order valence-electron chi connectivity index (χ1n) is 7.33. The summed E-state index contributed by atoms with van der Waals surface area (Å²) < 4.78 is 26.4. The molecule has 0 spiro atoms. The van der Waals surface area contributed by atoms with Crippen molar-refractivity contribution in [3.05, 3.63) is 29.6 Å². The third kappa shape index (κ3) is 3.38. The van der Waals surface area contributed by atoms with Crippen molar-refractivity contribution < 1.29 is 8.42 Å². The Balaban J connectivity index is 2.02. The normalized spacial score (nSPS) is 20.7. The van der Waals surface area contributed by atoms with Crippen molar-refractivity contribution in [3.8, 4) is 0 Å². The van der Waals surface area contributed by atoms with E-state index in [4.69, 9.17) is 0 Å². The van der Waals surface area contributed by atoms with Crippen LogP contribution in [-0.2, 0) is 16.4 Å². The second-order valence-corrected chi connectivity index (χ2v) is 8.29. The molecule has 1 aromatic heterocycles. The second kappa shape index (κ2) is 6.22. The zero-order chi connectivity index (χ0) is 14.8. The van der Waals surface area contributed by atoms with Crippen LogP contribution < -0.4 is 0 Å². The highest BCUT2D eigenvalue weighted by molar-refractivity contribution is 7.89. The smallest absolute Gasteiger partial charge is 0.216 e. The number of hydrogen-bond acceptors (Lipinski definition) is 3. The van der Waals surface area contributed by atoms with Crippen LogP contribution in [0.4, 0.5) is 0 Å². The predicted octanol–water partition coefficient (Wildman–Crippen LogP) is 2.53. The third-order valence-corrected chi connectivity index (χ3v) is 6.30. The fourth-order valence-electron chi connectivity index (χ4n) is 2.80. The Bertz CT molecular complexity index is 555. The van der Waals surface area contributed by atoms with Crippen molar-refractivity contribution in [1.82, 2.24) is 9.29 Å². The molecular formula is C15H24N2O2S. The van der Waals surface area contributed by atoms with Gasteiger partial charge in [-0.25, -0.2) is 8.42 Å². The Morgan fingerprint density at radius 3 is 2.85 bits per heavy atom. The highest BCUT2D eigenvalue weighted by Gasteiger charge is 2.35. The zero-order valence-electron chi connectivity index (χ0n) is 12.5. The molecule has 0 N–H and O–H groups in total. The van der Waals surface area contributed by atoms with Gasteiger partial charge in [-0.05, 0) is 64.2 Å². The van der Waals surface area contributed by atoms with Gasteiger partial charge in [0.05, 0.1) is 5.25 Å². The molecule has 0 aliphatic carbocycles. The average molecular weight is 296 g/mol. The second-order valence-electron chi connectivity index (χ2n) is 5.84. The van der Waals surface area contributed by atoms with E-state index >= 15 is 0 Å². The molecule has 4 nitrogen and oxygen atoms in total. The maximum atomic E-state index is 12.3. The third-order valence-electron chi connectivity index (χ3n) is 3.97. The topological polar surface area (TPSA) is 50.3 Å². The standard InChI is InChI=1S/C15H24N2O2S/c1-12(2)20(18,19)17-10-4-5-15(17)7-6-14-8-9-16-13(3)11-14/h8-9,11-12,15H,4-7,10H2,1-3H3/t15-/m0/s1. The molecule has 0 unspecified atom stereocenters. The number of aromatic nitrogens is 1. The molecule has 1 aromatic rings. The molecule has 0 saturated carbocycles. The molecule has 0 bridgehead atoms. The van der Waals surface area contributed by atoms with Crippen molar-refractivity contribution in [3.63, 3.8) is 0 Å². The summed E-state index contributed by atoms with van der Waals surface area (Å²) in [4.78, 5) is 4.19. The molecule has 5 heteroatoms. The van der Waals surface area contributed by atoms with E-state index in [9.17, 15) is 8.42 Å². The Labute approximate surface area is 122 Å². The van der Waals surface area contributed by atoms with E-state index in [0.29, 0.717) is 6.54 Å². The molecule has 20 heavy (non-hydrogen) atoms. The van der Waals surface area contributed by atoms with Crippen molar-refractivity contribution in [2.24, 2.45) is 0 Å². The van der Waals surface area contributed by atoms with E-state index in [2.05, 4.69) is 11.1 Å². The minimum absolute atomic E-state index is 0.163. The van der Waals surface area contributed by atoms with E-state index in [1.165, 1.54) is 5.56 Å². The van der Waals surface area contributed by atoms with E-state index in [0.717, 1.165) is 31.4 Å². The summed E-state index contributed by atoms with van der Waals surface area (Å²) in [5.74, 6) is 0. The van der Waals surface area contributed by atoms with Crippen LogP contribution in [0.1, 0.15) is 44.4 Å². The summed E-state index contributed by atoms with van der Waals surface area (Å²) in [6, 6.07) is 4.26. The Morgan fingerprint density at radius 1 is 1.45 bits per heavy atom. The van der Waals surface area contributed by atoms with Gasteiger partial charge in [0.25, 0.3) is 0 Å². The molecule has 1 aliphatic rings. The monoisotopic (exact) mass is 296 g/mol. The van der Waals surface area contributed by atoms with Crippen LogP contribution in [0.3, 0.4) is 0 Å². The van der Waals surface area contributed by atoms with Gasteiger partial charge >= 0.3 is 0 Å². The quantitative estimate of drug-likeness (QED) is 0.839. The molecular weight excluding hydrogens is 272 g/mol. The lowest BCUT2D eigenvalue weighted by Crippen LogP contribution is -2.40. The van der Waals surface area contributed by atoms with E-state index in [1.807, 2.05) is 19.2 Å². The lowest BCUT2D eigenvalue weighted by molar-refractivity contribution is 0.367.